The van der Waals surface area contributed by atoms with E-state index in [1.165, 1.54) is 6.07 Å². The van der Waals surface area contributed by atoms with Crippen LogP contribution in [0.15, 0.2) is 12.1 Å². The Labute approximate surface area is 140 Å². The van der Waals surface area contributed by atoms with Crippen molar-refractivity contribution >= 4 is 21.5 Å². The zero-order chi connectivity index (χ0) is 18.8. The summed E-state index contributed by atoms with van der Waals surface area (Å²) in [6.07, 6.45) is 0. The van der Waals surface area contributed by atoms with Gasteiger partial charge < -0.3 is 18.6 Å². The first-order valence-corrected chi connectivity index (χ1v) is 8.17. The van der Waals surface area contributed by atoms with E-state index >= 15 is 0 Å². The summed E-state index contributed by atoms with van der Waals surface area (Å²) >= 11 is 0. The molecule has 0 aliphatic carbocycles. The van der Waals surface area contributed by atoms with Crippen LogP contribution in [-0.4, -0.2) is 52.3 Å². The second-order valence-corrected chi connectivity index (χ2v) is 6.37. The maximum absolute atomic E-state index is 12.5. The van der Waals surface area contributed by atoms with Crippen molar-refractivity contribution in [3.63, 3.8) is 0 Å². The van der Waals surface area contributed by atoms with Crippen LogP contribution in [0.3, 0.4) is 0 Å². The molecule has 0 spiro atoms. The fraction of sp³-hybridized carbons (Fsp3) is 0.500. The first-order chi connectivity index (χ1) is 11.6. The van der Waals surface area contributed by atoms with Gasteiger partial charge in [-0.2, -0.15) is 21.6 Å². The maximum atomic E-state index is 12.5. The van der Waals surface area contributed by atoms with Gasteiger partial charge in [0.1, 0.15) is 0 Å². The van der Waals surface area contributed by atoms with E-state index in [-0.39, 0.29) is 5.69 Å². The molecular formula is C12H13F3N2O7S. The number of nitrogens with zero attached hydrogens (tertiary/aromatic N) is 2. The van der Waals surface area contributed by atoms with Crippen LogP contribution in [0.4, 0.5) is 24.5 Å². The van der Waals surface area contributed by atoms with Crippen molar-refractivity contribution < 1.29 is 40.2 Å². The number of anilines is 1. The third-order valence-electron chi connectivity index (χ3n) is 3.29. The van der Waals surface area contributed by atoms with Gasteiger partial charge in [0.05, 0.1) is 25.2 Å². The largest absolute Gasteiger partial charge is 0.534 e. The smallest absolute Gasteiger partial charge is 0.490 e. The second kappa shape index (κ2) is 6.92. The molecule has 0 atom stereocenters. The van der Waals surface area contributed by atoms with Crippen molar-refractivity contribution in [2.45, 2.75) is 5.51 Å². The molecule has 0 unspecified atom stereocenters. The van der Waals surface area contributed by atoms with Gasteiger partial charge in [-0.3, -0.25) is 10.1 Å². The van der Waals surface area contributed by atoms with Gasteiger partial charge in [0.2, 0.25) is 11.5 Å². The Morgan fingerprint density at radius 1 is 1.24 bits per heavy atom. The molecule has 140 valence electrons. The van der Waals surface area contributed by atoms with Crippen molar-refractivity contribution in [1.82, 2.24) is 0 Å². The van der Waals surface area contributed by atoms with E-state index in [4.69, 9.17) is 9.47 Å². The number of benzene rings is 1. The van der Waals surface area contributed by atoms with E-state index in [9.17, 15) is 31.7 Å². The molecular weight excluding hydrogens is 373 g/mol. The highest BCUT2D eigenvalue weighted by atomic mass is 32.2. The summed E-state index contributed by atoms with van der Waals surface area (Å²) in [5, 5.41) is 11.2. The Morgan fingerprint density at radius 2 is 1.80 bits per heavy atom. The number of nitro benzene ring substituents is 1. The molecule has 1 heterocycles. The standard InChI is InChI=1S/C12H13F3N2O7S/c1-22-9-6-8(16-2-4-23-5-3-16)7-10(11(9)17(18)19)24-25(20,21)12(13,14)15/h6-7H,2-5H2,1H3. The Kier molecular flexibility index (Phi) is 5.27. The lowest BCUT2D eigenvalue weighted by molar-refractivity contribution is -0.386. The molecule has 2 rings (SSSR count). The van der Waals surface area contributed by atoms with Gasteiger partial charge >= 0.3 is 21.3 Å². The number of alkyl halides is 3. The normalized spacial score (nSPS) is 15.8. The van der Waals surface area contributed by atoms with E-state index < -0.39 is 37.7 Å². The minimum atomic E-state index is -6.08. The zero-order valence-electron chi connectivity index (χ0n) is 12.8. The lowest BCUT2D eigenvalue weighted by atomic mass is 10.2. The minimum absolute atomic E-state index is 0.207. The van der Waals surface area contributed by atoms with E-state index in [0.717, 1.165) is 13.2 Å². The average molecular weight is 386 g/mol. The molecule has 0 aromatic heterocycles. The lowest BCUT2D eigenvalue weighted by Crippen LogP contribution is -2.36. The van der Waals surface area contributed by atoms with Crippen LogP contribution in [0.25, 0.3) is 0 Å². The van der Waals surface area contributed by atoms with E-state index in [1.54, 1.807) is 4.90 Å². The van der Waals surface area contributed by atoms with E-state index in [2.05, 4.69) is 4.18 Å². The lowest BCUT2D eigenvalue weighted by Gasteiger charge is -2.29. The van der Waals surface area contributed by atoms with Gasteiger partial charge in [0.25, 0.3) is 0 Å². The van der Waals surface area contributed by atoms with Crippen LogP contribution in [0, 0.1) is 10.1 Å². The molecule has 1 aliphatic rings. The molecule has 0 N–H and O–H groups in total. The van der Waals surface area contributed by atoms with Crippen LogP contribution in [0.5, 0.6) is 11.5 Å². The molecule has 9 nitrogen and oxygen atoms in total. The van der Waals surface area contributed by atoms with Gasteiger partial charge in [-0.25, -0.2) is 0 Å². The van der Waals surface area contributed by atoms with Gasteiger partial charge in [0.15, 0.2) is 0 Å². The molecule has 0 radical (unpaired) electrons. The monoisotopic (exact) mass is 386 g/mol. The van der Waals surface area contributed by atoms with Gasteiger partial charge in [0, 0.05) is 30.9 Å². The minimum Gasteiger partial charge on any atom is -0.490 e. The van der Waals surface area contributed by atoms with Gasteiger partial charge in [-0.05, 0) is 0 Å². The molecule has 25 heavy (non-hydrogen) atoms. The Bertz CT molecular complexity index is 761. The number of methoxy groups -OCH3 is 1. The summed E-state index contributed by atoms with van der Waals surface area (Å²) in [6, 6.07) is 2.08. The topological polar surface area (TPSA) is 108 Å². The highest BCUT2D eigenvalue weighted by molar-refractivity contribution is 7.88. The zero-order valence-corrected chi connectivity index (χ0v) is 13.6. The predicted molar refractivity (Wildman–Crippen MR) is 78.3 cm³/mol. The first-order valence-electron chi connectivity index (χ1n) is 6.76. The van der Waals surface area contributed by atoms with Crippen molar-refractivity contribution in [3.05, 3.63) is 22.2 Å². The maximum Gasteiger partial charge on any atom is 0.534 e. The Balaban J connectivity index is 2.56. The third-order valence-corrected chi connectivity index (χ3v) is 4.25. The first kappa shape index (κ1) is 19.1. The Morgan fingerprint density at radius 3 is 2.28 bits per heavy atom. The number of nitro groups is 1. The quantitative estimate of drug-likeness (QED) is 0.325. The molecule has 0 saturated carbocycles. The SMILES string of the molecule is COc1cc(N2CCOCC2)cc(OS(=O)(=O)C(F)(F)F)c1[N+](=O)[O-]. The van der Waals surface area contributed by atoms with E-state index in [1.807, 2.05) is 0 Å². The molecule has 1 aliphatic heterocycles. The molecule has 1 aromatic carbocycles. The average Bonchev–Trinajstić information content (AvgIpc) is 2.53. The van der Waals surface area contributed by atoms with Crippen molar-refractivity contribution in [3.8, 4) is 11.5 Å². The second-order valence-electron chi connectivity index (χ2n) is 4.83. The third kappa shape index (κ3) is 4.04. The fourth-order valence-corrected chi connectivity index (χ4v) is 2.59. The number of hydrogen-bond donors (Lipinski definition) is 0. The van der Waals surface area contributed by atoms with E-state index in [0.29, 0.717) is 26.3 Å². The molecule has 13 heteroatoms. The highest BCUT2D eigenvalue weighted by Crippen LogP contribution is 2.43. The van der Waals surface area contributed by atoms with Crippen molar-refractivity contribution in [1.29, 1.82) is 0 Å². The van der Waals surface area contributed by atoms with Gasteiger partial charge in [-0.1, -0.05) is 0 Å². The molecule has 0 bridgehead atoms. The number of morpholine rings is 1. The fourth-order valence-electron chi connectivity index (χ4n) is 2.14. The van der Waals surface area contributed by atoms with Crippen LogP contribution >= 0.6 is 0 Å². The summed E-state index contributed by atoms with van der Waals surface area (Å²) in [5.74, 6) is -1.51. The van der Waals surface area contributed by atoms with Crippen LogP contribution < -0.4 is 13.8 Å². The molecule has 0 amide bonds. The molecule has 1 fully saturated rings. The summed E-state index contributed by atoms with van der Waals surface area (Å²) in [6.45, 7) is 1.37. The van der Waals surface area contributed by atoms with Crippen LogP contribution in [0.2, 0.25) is 0 Å². The Hall–Kier alpha value is -2.28. The molecule has 1 aromatic rings. The predicted octanol–water partition coefficient (Wildman–Crippen LogP) is 1.67. The highest BCUT2D eigenvalue weighted by Gasteiger charge is 2.49. The van der Waals surface area contributed by atoms with Crippen molar-refractivity contribution in [2.24, 2.45) is 0 Å². The van der Waals surface area contributed by atoms with Crippen molar-refractivity contribution in [2.75, 3.05) is 38.3 Å². The van der Waals surface area contributed by atoms with Crippen LogP contribution in [-0.2, 0) is 14.9 Å². The number of ether oxygens (including phenoxy) is 2. The summed E-state index contributed by atoms with van der Waals surface area (Å²) in [5.41, 5.74) is -6.55. The summed E-state index contributed by atoms with van der Waals surface area (Å²) in [4.78, 5) is 11.7. The van der Waals surface area contributed by atoms with Crippen LogP contribution in [0.1, 0.15) is 0 Å². The molecule has 1 saturated heterocycles. The number of hydrogen-bond acceptors (Lipinski definition) is 8. The number of halogens is 3. The summed E-state index contributed by atoms with van der Waals surface area (Å²) in [7, 11) is -5.02. The van der Waals surface area contributed by atoms with Gasteiger partial charge in [-0.15, -0.1) is 0 Å². The summed E-state index contributed by atoms with van der Waals surface area (Å²) < 4.78 is 74.1. The number of rotatable bonds is 5.